The first kappa shape index (κ1) is 29.6. The van der Waals surface area contributed by atoms with Crippen LogP contribution < -0.4 is 35.6 Å². The average Bonchev–Trinajstić information content (AvgIpc) is 2.94. The summed E-state index contributed by atoms with van der Waals surface area (Å²) in [7, 11) is 1.65. The Labute approximate surface area is 245 Å². The molecule has 0 radical (unpaired) electrons. The highest BCUT2D eigenvalue weighted by molar-refractivity contribution is 5.98. The topological polar surface area (TPSA) is 136 Å². The van der Waals surface area contributed by atoms with Gasteiger partial charge in [0.15, 0.2) is 18.3 Å². The predicted molar refractivity (Wildman–Crippen MR) is 157 cm³/mol. The molecular formula is C29H32F2N6O6. The van der Waals surface area contributed by atoms with Crippen molar-refractivity contribution in [1.82, 2.24) is 9.99 Å². The number of pyridine rings is 1. The lowest BCUT2D eigenvalue weighted by Crippen LogP contribution is -2.48. The molecule has 0 unspecified atom stereocenters. The number of rotatable bonds is 7. The zero-order valence-corrected chi connectivity index (χ0v) is 24.1. The summed E-state index contributed by atoms with van der Waals surface area (Å²) >= 11 is 0. The molecule has 0 spiro atoms. The van der Waals surface area contributed by atoms with Crippen LogP contribution in [0.25, 0.3) is 10.9 Å². The predicted octanol–water partition coefficient (Wildman–Crippen LogP) is 2.32. The molecule has 0 aliphatic carbocycles. The summed E-state index contributed by atoms with van der Waals surface area (Å²) in [6, 6.07) is 4.62. The molecule has 1 atom stereocenters. The van der Waals surface area contributed by atoms with E-state index in [0.717, 1.165) is 6.07 Å². The molecule has 3 heterocycles. The summed E-state index contributed by atoms with van der Waals surface area (Å²) in [5.41, 5.74) is -0.309. The van der Waals surface area contributed by atoms with Crippen molar-refractivity contribution < 1.29 is 33.0 Å². The molecular weight excluding hydrogens is 566 g/mol. The number of ether oxygens (including phenoxy) is 1. The highest BCUT2D eigenvalue weighted by Gasteiger charge is 2.31. The van der Waals surface area contributed by atoms with Crippen LogP contribution in [0.5, 0.6) is 5.75 Å². The molecule has 1 aromatic heterocycles. The molecule has 1 saturated heterocycles. The summed E-state index contributed by atoms with van der Waals surface area (Å²) in [6.07, 6.45) is 1.20. The third-order valence-corrected chi connectivity index (χ3v) is 7.61. The number of carbonyl (C=O) groups is 3. The smallest absolute Gasteiger partial charge is 0.341 e. The number of benzene rings is 2. The molecule has 5 rings (SSSR count). The van der Waals surface area contributed by atoms with Gasteiger partial charge in [0.05, 0.1) is 11.1 Å². The number of anilines is 3. The number of nitrogens with zero attached hydrogens (tertiary/aromatic N) is 4. The molecule has 0 bridgehead atoms. The molecule has 2 amide bonds. The van der Waals surface area contributed by atoms with Gasteiger partial charge in [0, 0.05) is 52.0 Å². The minimum Gasteiger partial charge on any atom is -0.477 e. The van der Waals surface area contributed by atoms with Crippen molar-refractivity contribution in [3.63, 3.8) is 0 Å². The van der Waals surface area contributed by atoms with E-state index in [2.05, 4.69) is 10.6 Å². The van der Waals surface area contributed by atoms with Crippen LogP contribution >= 0.6 is 0 Å². The third-order valence-electron chi connectivity index (χ3n) is 7.61. The van der Waals surface area contributed by atoms with E-state index in [4.69, 9.17) is 4.74 Å². The van der Waals surface area contributed by atoms with E-state index >= 15 is 8.78 Å². The van der Waals surface area contributed by atoms with Crippen LogP contribution in [0.1, 0.15) is 31.1 Å². The molecule has 12 nitrogen and oxygen atoms in total. The lowest BCUT2D eigenvalue weighted by Gasteiger charge is -2.39. The van der Waals surface area contributed by atoms with Gasteiger partial charge in [-0.3, -0.25) is 24.1 Å². The van der Waals surface area contributed by atoms with E-state index in [-0.39, 0.29) is 46.6 Å². The standard InChI is InChI=1S/C29H32F2N6O6/c1-15(2)23(32-16(3)38)28(40)33-17-5-6-22(20(30)11-17)35-7-9-36(10-8-35)25-21(31)12-18-24-27(25)43-14-34(4)37(24)13-19(26(18)39)29(41)42/h5-6,11-13,15,23H,7-10,14H2,1-4H3,(H,32,38)(H,33,40)(H,41,42)/t23-/m1/s1. The second-order valence-corrected chi connectivity index (χ2v) is 10.9. The lowest BCUT2D eigenvalue weighted by atomic mass is 10.0. The van der Waals surface area contributed by atoms with E-state index in [1.54, 1.807) is 47.8 Å². The quantitative estimate of drug-likeness (QED) is 0.374. The number of halogens is 2. The van der Waals surface area contributed by atoms with Gasteiger partial charge in [0.25, 0.3) is 0 Å². The zero-order valence-electron chi connectivity index (χ0n) is 24.1. The maximum absolute atomic E-state index is 15.6. The highest BCUT2D eigenvalue weighted by Crippen LogP contribution is 2.40. The molecule has 0 saturated carbocycles. The Bertz CT molecular complexity index is 1680. The maximum Gasteiger partial charge on any atom is 0.341 e. The summed E-state index contributed by atoms with van der Waals surface area (Å²) in [4.78, 5) is 52.2. The summed E-state index contributed by atoms with van der Waals surface area (Å²) in [5.74, 6) is -3.52. The Balaban J connectivity index is 1.36. The number of hydrogen-bond acceptors (Lipinski definition) is 8. The van der Waals surface area contributed by atoms with Crippen molar-refractivity contribution in [3.8, 4) is 5.75 Å². The van der Waals surface area contributed by atoms with E-state index in [0.29, 0.717) is 31.9 Å². The van der Waals surface area contributed by atoms with Gasteiger partial charge in [0.2, 0.25) is 17.2 Å². The Morgan fingerprint density at radius 2 is 1.70 bits per heavy atom. The number of carboxylic acids is 1. The van der Waals surface area contributed by atoms with Gasteiger partial charge < -0.3 is 30.3 Å². The van der Waals surface area contributed by atoms with Crippen LogP contribution in [0.15, 0.2) is 35.3 Å². The number of aromatic nitrogens is 1. The maximum atomic E-state index is 15.6. The molecule has 2 aromatic carbocycles. The van der Waals surface area contributed by atoms with E-state index in [9.17, 15) is 24.3 Å². The highest BCUT2D eigenvalue weighted by atomic mass is 19.1. The van der Waals surface area contributed by atoms with Gasteiger partial charge in [-0.25, -0.2) is 13.6 Å². The van der Waals surface area contributed by atoms with Crippen LogP contribution in [0, 0.1) is 17.6 Å². The normalized spacial score (nSPS) is 15.4. The molecule has 43 heavy (non-hydrogen) atoms. The van der Waals surface area contributed by atoms with Crippen molar-refractivity contribution >= 4 is 45.7 Å². The van der Waals surface area contributed by atoms with E-state index < -0.39 is 40.5 Å². The Morgan fingerprint density at radius 1 is 1.02 bits per heavy atom. The van der Waals surface area contributed by atoms with Gasteiger partial charge in [-0.1, -0.05) is 13.8 Å². The van der Waals surface area contributed by atoms with Crippen molar-refractivity contribution in [3.05, 3.63) is 57.9 Å². The summed E-state index contributed by atoms with van der Waals surface area (Å²) < 4.78 is 38.1. The Kier molecular flexibility index (Phi) is 7.86. The first-order valence-electron chi connectivity index (χ1n) is 13.7. The number of hydrogen-bond donors (Lipinski definition) is 3. The summed E-state index contributed by atoms with van der Waals surface area (Å²) in [5, 5.41) is 16.2. The molecule has 2 aliphatic rings. The van der Waals surface area contributed by atoms with Crippen molar-refractivity contribution in [2.75, 3.05) is 60.1 Å². The van der Waals surface area contributed by atoms with Gasteiger partial charge >= 0.3 is 5.97 Å². The molecule has 1 fully saturated rings. The number of carbonyl (C=O) groups excluding carboxylic acids is 2. The van der Waals surface area contributed by atoms with E-state index in [1.165, 1.54) is 23.9 Å². The fraction of sp³-hybridized carbons (Fsp3) is 0.379. The SMILES string of the molecule is CC(=O)N[C@@H](C(=O)Nc1ccc(N2CCN(c3c(F)cc4c(=O)c(C(=O)O)cn5c4c3OCN5C)CC2)c(F)c1)C(C)C. The second kappa shape index (κ2) is 11.4. The van der Waals surface area contributed by atoms with Gasteiger partial charge in [-0.2, -0.15) is 0 Å². The minimum atomic E-state index is -1.41. The molecule has 3 aromatic rings. The van der Waals surface area contributed by atoms with Crippen molar-refractivity contribution in [2.24, 2.45) is 5.92 Å². The number of aromatic carboxylic acids is 1. The van der Waals surface area contributed by atoms with Gasteiger partial charge in [0.1, 0.15) is 28.6 Å². The molecule has 14 heteroatoms. The van der Waals surface area contributed by atoms with Crippen molar-refractivity contribution in [2.45, 2.75) is 26.8 Å². The zero-order chi connectivity index (χ0) is 31.2. The first-order chi connectivity index (χ1) is 20.4. The lowest BCUT2D eigenvalue weighted by molar-refractivity contribution is -0.126. The Hall–Kier alpha value is -4.88. The number of nitrogens with one attached hydrogen (secondary N) is 2. The fourth-order valence-corrected chi connectivity index (χ4v) is 5.46. The van der Waals surface area contributed by atoms with Crippen LogP contribution in [0.2, 0.25) is 0 Å². The van der Waals surface area contributed by atoms with Crippen LogP contribution in [0.3, 0.4) is 0 Å². The average molecular weight is 599 g/mol. The summed E-state index contributed by atoms with van der Waals surface area (Å²) in [6.45, 7) is 6.18. The van der Waals surface area contributed by atoms with Crippen LogP contribution in [-0.2, 0) is 9.59 Å². The largest absolute Gasteiger partial charge is 0.477 e. The fourth-order valence-electron chi connectivity index (χ4n) is 5.46. The monoisotopic (exact) mass is 598 g/mol. The minimum absolute atomic E-state index is 0.00270. The van der Waals surface area contributed by atoms with Crippen molar-refractivity contribution in [1.29, 1.82) is 0 Å². The molecule has 2 aliphatic heterocycles. The van der Waals surface area contributed by atoms with Gasteiger partial charge in [-0.15, -0.1) is 0 Å². The second-order valence-electron chi connectivity index (χ2n) is 10.9. The number of piperazine rings is 1. The van der Waals surface area contributed by atoms with E-state index in [1.807, 2.05) is 0 Å². The molecule has 228 valence electrons. The number of amides is 2. The van der Waals surface area contributed by atoms with Crippen LogP contribution in [-0.4, -0.2) is 73.6 Å². The van der Waals surface area contributed by atoms with Gasteiger partial charge in [-0.05, 0) is 30.2 Å². The number of carboxylic acid groups (broad SMARTS) is 1. The molecule has 3 N–H and O–H groups in total. The first-order valence-corrected chi connectivity index (χ1v) is 13.7. The third kappa shape index (κ3) is 5.51. The Morgan fingerprint density at radius 3 is 2.30 bits per heavy atom. The van der Waals surface area contributed by atoms with Crippen LogP contribution in [0.4, 0.5) is 25.8 Å².